The maximum atomic E-state index is 12.8. The number of non-ortho nitro benzene ring substituents is 1. The van der Waals surface area contributed by atoms with E-state index in [-0.39, 0.29) is 11.2 Å². The van der Waals surface area contributed by atoms with Crippen molar-refractivity contribution in [2.75, 3.05) is 31.2 Å². The molecule has 26 heavy (non-hydrogen) atoms. The summed E-state index contributed by atoms with van der Waals surface area (Å²) in [5, 5.41) is 11.3. The fraction of sp³-hybridized carbons (Fsp3) is 0.235. The van der Waals surface area contributed by atoms with E-state index in [1.807, 2.05) is 4.90 Å². The number of nitrogens with zero attached hydrogens (tertiary/aromatic N) is 5. The van der Waals surface area contributed by atoms with Gasteiger partial charge in [0.1, 0.15) is 0 Å². The van der Waals surface area contributed by atoms with E-state index in [2.05, 4.69) is 9.97 Å². The highest BCUT2D eigenvalue weighted by molar-refractivity contribution is 5.78. The molecule has 1 aromatic carbocycles. The molecule has 132 valence electrons. The summed E-state index contributed by atoms with van der Waals surface area (Å²) >= 11 is 0. The summed E-state index contributed by atoms with van der Waals surface area (Å²) in [6, 6.07) is 7.63. The van der Waals surface area contributed by atoms with Gasteiger partial charge in [-0.15, -0.1) is 0 Å². The van der Waals surface area contributed by atoms with E-state index in [1.54, 1.807) is 24.4 Å². The second kappa shape index (κ2) is 6.52. The lowest BCUT2D eigenvalue weighted by Crippen LogP contribution is -2.37. The van der Waals surface area contributed by atoms with Crippen molar-refractivity contribution in [2.24, 2.45) is 0 Å². The van der Waals surface area contributed by atoms with Gasteiger partial charge in [-0.05, 0) is 12.1 Å². The molecule has 0 N–H and O–H groups in total. The van der Waals surface area contributed by atoms with Crippen molar-refractivity contribution in [3.05, 3.63) is 63.2 Å². The molecular formula is C17H15N5O4. The van der Waals surface area contributed by atoms with E-state index in [0.29, 0.717) is 48.8 Å². The number of pyridine rings is 1. The van der Waals surface area contributed by atoms with Gasteiger partial charge in [-0.1, -0.05) is 6.07 Å². The van der Waals surface area contributed by atoms with Crippen molar-refractivity contribution in [3.63, 3.8) is 0 Å². The zero-order chi connectivity index (χ0) is 18.1. The summed E-state index contributed by atoms with van der Waals surface area (Å²) in [5.41, 5.74) is 0.557. The molecule has 0 atom stereocenters. The molecule has 0 spiro atoms. The predicted octanol–water partition coefficient (Wildman–Crippen LogP) is 1.53. The Morgan fingerprint density at radius 1 is 1.19 bits per heavy atom. The van der Waals surface area contributed by atoms with Crippen molar-refractivity contribution in [1.29, 1.82) is 0 Å². The quantitative estimate of drug-likeness (QED) is 0.519. The van der Waals surface area contributed by atoms with E-state index in [1.165, 1.54) is 22.9 Å². The predicted molar refractivity (Wildman–Crippen MR) is 94.8 cm³/mol. The van der Waals surface area contributed by atoms with Crippen LogP contribution >= 0.6 is 0 Å². The summed E-state index contributed by atoms with van der Waals surface area (Å²) in [7, 11) is 0. The highest BCUT2D eigenvalue weighted by Crippen LogP contribution is 2.18. The minimum absolute atomic E-state index is 0.0755. The maximum absolute atomic E-state index is 12.8. The third-order valence-electron chi connectivity index (χ3n) is 4.25. The minimum atomic E-state index is -0.493. The van der Waals surface area contributed by atoms with E-state index < -0.39 is 4.92 Å². The van der Waals surface area contributed by atoms with Crippen LogP contribution in [0.1, 0.15) is 0 Å². The molecule has 0 bridgehead atoms. The Labute approximate surface area is 147 Å². The number of ether oxygens (including phenoxy) is 1. The second-order valence-corrected chi connectivity index (χ2v) is 5.84. The van der Waals surface area contributed by atoms with Gasteiger partial charge in [0, 0.05) is 37.6 Å². The number of rotatable bonds is 3. The van der Waals surface area contributed by atoms with Crippen LogP contribution in [0.3, 0.4) is 0 Å². The van der Waals surface area contributed by atoms with Crippen molar-refractivity contribution in [2.45, 2.75) is 0 Å². The lowest BCUT2D eigenvalue weighted by atomic mass is 10.2. The van der Waals surface area contributed by atoms with Crippen LogP contribution in [0.2, 0.25) is 0 Å². The van der Waals surface area contributed by atoms with Gasteiger partial charge in [-0.25, -0.2) is 9.97 Å². The van der Waals surface area contributed by atoms with E-state index >= 15 is 0 Å². The zero-order valence-corrected chi connectivity index (χ0v) is 13.7. The molecule has 9 nitrogen and oxygen atoms in total. The van der Waals surface area contributed by atoms with E-state index in [0.717, 1.165) is 0 Å². The van der Waals surface area contributed by atoms with Gasteiger partial charge < -0.3 is 9.64 Å². The van der Waals surface area contributed by atoms with E-state index in [4.69, 9.17) is 4.74 Å². The molecule has 3 aromatic rings. The van der Waals surface area contributed by atoms with Crippen LogP contribution in [0, 0.1) is 10.1 Å². The number of anilines is 1. The van der Waals surface area contributed by atoms with Gasteiger partial charge in [-0.2, -0.15) is 0 Å². The molecule has 4 rings (SSSR count). The molecule has 1 fully saturated rings. The molecule has 0 amide bonds. The Bertz CT molecular complexity index is 1040. The first-order chi connectivity index (χ1) is 12.6. The molecule has 3 heterocycles. The molecule has 1 aliphatic heterocycles. The van der Waals surface area contributed by atoms with Crippen molar-refractivity contribution < 1.29 is 9.66 Å². The van der Waals surface area contributed by atoms with Crippen LogP contribution in [-0.4, -0.2) is 45.8 Å². The number of aromatic nitrogens is 3. The van der Waals surface area contributed by atoms with Gasteiger partial charge in [0.2, 0.25) is 5.95 Å². The monoisotopic (exact) mass is 353 g/mol. The highest BCUT2D eigenvalue weighted by Gasteiger charge is 2.16. The van der Waals surface area contributed by atoms with Crippen molar-refractivity contribution >= 4 is 22.5 Å². The third-order valence-corrected chi connectivity index (χ3v) is 4.25. The molecule has 9 heteroatoms. The Kier molecular flexibility index (Phi) is 4.05. The fourth-order valence-corrected chi connectivity index (χ4v) is 2.90. The second-order valence-electron chi connectivity index (χ2n) is 5.84. The molecule has 0 saturated carbocycles. The van der Waals surface area contributed by atoms with Crippen LogP contribution < -0.4 is 10.5 Å². The molecule has 2 aromatic heterocycles. The Morgan fingerprint density at radius 3 is 2.77 bits per heavy atom. The van der Waals surface area contributed by atoms with Gasteiger partial charge in [-0.3, -0.25) is 19.5 Å². The van der Waals surface area contributed by atoms with E-state index in [9.17, 15) is 14.9 Å². The molecule has 1 aliphatic rings. The summed E-state index contributed by atoms with van der Waals surface area (Å²) in [4.78, 5) is 34.0. The lowest BCUT2D eigenvalue weighted by molar-refractivity contribution is -0.384. The van der Waals surface area contributed by atoms with Crippen molar-refractivity contribution in [1.82, 2.24) is 14.5 Å². The largest absolute Gasteiger partial charge is 0.378 e. The SMILES string of the molecule is O=c1c2cnc(N3CCOCC3)nc2ccn1-c1cccc([N+](=O)[O-])c1. The molecule has 1 saturated heterocycles. The van der Waals surface area contributed by atoms with Crippen LogP contribution in [0.25, 0.3) is 16.6 Å². The van der Waals surface area contributed by atoms with Crippen molar-refractivity contribution in [3.8, 4) is 5.69 Å². The summed E-state index contributed by atoms with van der Waals surface area (Å²) in [6.45, 7) is 2.65. The Hall–Kier alpha value is -3.33. The first-order valence-corrected chi connectivity index (χ1v) is 8.09. The van der Waals surface area contributed by atoms with Gasteiger partial charge in [0.05, 0.1) is 34.7 Å². The molecule has 0 unspecified atom stereocenters. The maximum Gasteiger partial charge on any atom is 0.271 e. The summed E-state index contributed by atoms with van der Waals surface area (Å²) in [5.74, 6) is 0.563. The summed E-state index contributed by atoms with van der Waals surface area (Å²) < 4.78 is 6.67. The number of nitro benzene ring substituents is 1. The number of hydrogen-bond donors (Lipinski definition) is 0. The molecular weight excluding hydrogens is 338 g/mol. The van der Waals surface area contributed by atoms with Crippen LogP contribution in [0.4, 0.5) is 11.6 Å². The molecule has 0 radical (unpaired) electrons. The molecule has 0 aliphatic carbocycles. The topological polar surface area (TPSA) is 103 Å². The van der Waals surface area contributed by atoms with Gasteiger partial charge >= 0.3 is 0 Å². The first-order valence-electron chi connectivity index (χ1n) is 8.09. The fourth-order valence-electron chi connectivity index (χ4n) is 2.90. The number of nitro groups is 1. The van der Waals surface area contributed by atoms with Gasteiger partial charge in [0.25, 0.3) is 11.2 Å². The standard InChI is InChI=1S/C17H15N5O4/c23-16-14-11-18-17(20-6-8-26-9-7-20)19-15(14)4-5-21(16)12-2-1-3-13(10-12)22(24)25/h1-5,10-11H,6-9H2. The number of benzene rings is 1. The summed E-state index contributed by atoms with van der Waals surface area (Å²) in [6.07, 6.45) is 3.07. The number of fused-ring (bicyclic) bond motifs is 1. The van der Waals surface area contributed by atoms with Crippen LogP contribution in [0.15, 0.2) is 47.5 Å². The highest BCUT2D eigenvalue weighted by atomic mass is 16.6. The normalized spacial score (nSPS) is 14.5. The van der Waals surface area contributed by atoms with Gasteiger partial charge in [0.15, 0.2) is 0 Å². The Balaban J connectivity index is 1.77. The average Bonchev–Trinajstić information content (AvgIpc) is 2.69. The van der Waals surface area contributed by atoms with Crippen LogP contribution in [0.5, 0.6) is 0 Å². The number of hydrogen-bond acceptors (Lipinski definition) is 7. The first kappa shape index (κ1) is 16.2. The Morgan fingerprint density at radius 2 is 2.00 bits per heavy atom. The minimum Gasteiger partial charge on any atom is -0.378 e. The zero-order valence-electron chi connectivity index (χ0n) is 13.7. The van der Waals surface area contributed by atoms with Crippen LogP contribution in [-0.2, 0) is 4.74 Å². The lowest BCUT2D eigenvalue weighted by Gasteiger charge is -2.26. The smallest absolute Gasteiger partial charge is 0.271 e. The average molecular weight is 353 g/mol. The third kappa shape index (κ3) is 2.88. The number of morpholine rings is 1.